The quantitative estimate of drug-likeness (QED) is 0.628. The van der Waals surface area contributed by atoms with Gasteiger partial charge in [-0.15, -0.1) is 0 Å². The van der Waals surface area contributed by atoms with E-state index in [1.54, 1.807) is 7.11 Å². The molecule has 0 aliphatic heterocycles. The molecule has 0 N–H and O–H groups in total. The van der Waals surface area contributed by atoms with Gasteiger partial charge in [0.05, 0.1) is 5.69 Å². The zero-order chi connectivity index (χ0) is 7.56. The fourth-order valence-electron chi connectivity index (χ4n) is 0.808. The van der Waals surface area contributed by atoms with E-state index in [9.17, 15) is 0 Å². The van der Waals surface area contributed by atoms with Crippen molar-refractivity contribution in [1.82, 2.24) is 4.98 Å². The van der Waals surface area contributed by atoms with Gasteiger partial charge in [0.1, 0.15) is 6.10 Å². The molecule has 0 aromatic carbocycles. The molecule has 0 saturated heterocycles. The van der Waals surface area contributed by atoms with Crippen LogP contribution in [0.25, 0.3) is 0 Å². The van der Waals surface area contributed by atoms with Crippen molar-refractivity contribution in [2.24, 2.45) is 0 Å². The first-order chi connectivity index (χ1) is 4.75. The third kappa shape index (κ3) is 1.19. The average molecular weight is 141 g/mol. The van der Waals surface area contributed by atoms with Gasteiger partial charge in [0.2, 0.25) is 0 Å². The van der Waals surface area contributed by atoms with Crippen molar-refractivity contribution in [3.8, 4) is 0 Å². The van der Waals surface area contributed by atoms with Gasteiger partial charge >= 0.3 is 0 Å². The summed E-state index contributed by atoms with van der Waals surface area (Å²) in [5.74, 6) is 0.808. The summed E-state index contributed by atoms with van der Waals surface area (Å²) in [5, 5.41) is 0. The maximum atomic E-state index is 5.08. The van der Waals surface area contributed by atoms with Gasteiger partial charge in [-0.25, -0.2) is 4.98 Å². The first-order valence-corrected chi connectivity index (χ1v) is 3.18. The Bertz CT molecular complexity index is 207. The second kappa shape index (κ2) is 2.84. The van der Waals surface area contributed by atoms with Crippen LogP contribution < -0.4 is 0 Å². The molecule has 1 heterocycles. The topological polar surface area (TPSA) is 35.3 Å². The highest BCUT2D eigenvalue weighted by Gasteiger charge is 2.10. The van der Waals surface area contributed by atoms with Crippen LogP contribution in [0.5, 0.6) is 0 Å². The highest BCUT2D eigenvalue weighted by molar-refractivity contribution is 5.06. The fourth-order valence-corrected chi connectivity index (χ4v) is 0.808. The normalized spacial score (nSPS) is 13.5. The van der Waals surface area contributed by atoms with Crippen LogP contribution >= 0.6 is 0 Å². The standard InChI is InChI=1S/C7H11NO2/c1-5-7(6(2)9-3)10-4-8-5/h4,6H,1-3H3. The molecule has 1 unspecified atom stereocenters. The number of rotatable bonds is 2. The predicted octanol–water partition coefficient (Wildman–Crippen LogP) is 1.69. The minimum absolute atomic E-state index is 0.00231. The second-order valence-corrected chi connectivity index (χ2v) is 2.18. The second-order valence-electron chi connectivity index (χ2n) is 2.18. The van der Waals surface area contributed by atoms with E-state index >= 15 is 0 Å². The Labute approximate surface area is 60.0 Å². The number of nitrogens with zero attached hydrogens (tertiary/aromatic N) is 1. The molecular weight excluding hydrogens is 130 g/mol. The first-order valence-electron chi connectivity index (χ1n) is 3.18. The van der Waals surface area contributed by atoms with Gasteiger partial charge in [-0.3, -0.25) is 0 Å². The molecule has 1 atom stereocenters. The van der Waals surface area contributed by atoms with E-state index in [2.05, 4.69) is 4.98 Å². The smallest absolute Gasteiger partial charge is 0.181 e. The molecule has 1 rings (SSSR count). The van der Waals surface area contributed by atoms with E-state index in [1.807, 2.05) is 13.8 Å². The first kappa shape index (κ1) is 7.28. The number of aryl methyl sites for hydroxylation is 1. The molecule has 0 aliphatic carbocycles. The zero-order valence-corrected chi connectivity index (χ0v) is 6.42. The van der Waals surface area contributed by atoms with Crippen LogP contribution in [-0.4, -0.2) is 12.1 Å². The Morgan fingerprint density at radius 3 is 2.80 bits per heavy atom. The van der Waals surface area contributed by atoms with Gasteiger partial charge in [-0.05, 0) is 13.8 Å². The lowest BCUT2D eigenvalue weighted by molar-refractivity contribution is 0.0988. The average Bonchev–Trinajstić information content (AvgIpc) is 2.34. The summed E-state index contributed by atoms with van der Waals surface area (Å²) in [6.07, 6.45) is 1.43. The van der Waals surface area contributed by atoms with Crippen molar-refractivity contribution in [3.63, 3.8) is 0 Å². The predicted molar refractivity (Wildman–Crippen MR) is 36.7 cm³/mol. The summed E-state index contributed by atoms with van der Waals surface area (Å²) < 4.78 is 10.1. The van der Waals surface area contributed by atoms with Gasteiger partial charge in [-0.1, -0.05) is 0 Å². The maximum absolute atomic E-state index is 5.08. The Balaban J connectivity index is 2.82. The third-order valence-corrected chi connectivity index (χ3v) is 1.51. The van der Waals surface area contributed by atoms with Gasteiger partial charge < -0.3 is 9.15 Å². The fraction of sp³-hybridized carbons (Fsp3) is 0.571. The number of hydrogen-bond donors (Lipinski definition) is 0. The minimum Gasteiger partial charge on any atom is -0.445 e. The Morgan fingerprint density at radius 2 is 2.40 bits per heavy atom. The van der Waals surface area contributed by atoms with Crippen molar-refractivity contribution in [3.05, 3.63) is 17.8 Å². The van der Waals surface area contributed by atoms with Crippen molar-refractivity contribution < 1.29 is 9.15 Å². The largest absolute Gasteiger partial charge is 0.445 e. The lowest BCUT2D eigenvalue weighted by Gasteiger charge is -2.04. The Morgan fingerprint density at radius 1 is 1.70 bits per heavy atom. The summed E-state index contributed by atoms with van der Waals surface area (Å²) in [7, 11) is 1.65. The van der Waals surface area contributed by atoms with Crippen LogP contribution in [0.4, 0.5) is 0 Å². The number of aromatic nitrogens is 1. The molecule has 0 saturated carbocycles. The van der Waals surface area contributed by atoms with E-state index in [-0.39, 0.29) is 6.10 Å². The molecular formula is C7H11NO2. The van der Waals surface area contributed by atoms with Crippen LogP contribution in [0.1, 0.15) is 24.5 Å². The molecule has 1 aromatic rings. The third-order valence-electron chi connectivity index (χ3n) is 1.51. The van der Waals surface area contributed by atoms with Gasteiger partial charge in [0, 0.05) is 7.11 Å². The molecule has 0 radical (unpaired) electrons. The van der Waals surface area contributed by atoms with Crippen molar-refractivity contribution in [2.45, 2.75) is 20.0 Å². The summed E-state index contributed by atoms with van der Waals surface area (Å²) >= 11 is 0. The summed E-state index contributed by atoms with van der Waals surface area (Å²) in [6.45, 7) is 3.82. The van der Waals surface area contributed by atoms with Crippen LogP contribution in [-0.2, 0) is 4.74 Å². The molecule has 1 aromatic heterocycles. The van der Waals surface area contributed by atoms with Gasteiger partial charge in [-0.2, -0.15) is 0 Å². The minimum atomic E-state index is 0.00231. The molecule has 0 aliphatic rings. The van der Waals surface area contributed by atoms with Crippen LogP contribution in [0.2, 0.25) is 0 Å². The lowest BCUT2D eigenvalue weighted by atomic mass is 10.2. The Kier molecular flexibility index (Phi) is 2.06. The summed E-state index contributed by atoms with van der Waals surface area (Å²) in [6, 6.07) is 0. The van der Waals surface area contributed by atoms with Crippen LogP contribution in [0.15, 0.2) is 10.8 Å². The number of ether oxygens (including phenoxy) is 1. The summed E-state index contributed by atoms with van der Waals surface area (Å²) in [4.78, 5) is 3.94. The molecule has 56 valence electrons. The number of methoxy groups -OCH3 is 1. The number of hydrogen-bond acceptors (Lipinski definition) is 3. The van der Waals surface area contributed by atoms with Gasteiger partial charge in [0.25, 0.3) is 0 Å². The van der Waals surface area contributed by atoms with E-state index in [0.717, 1.165) is 11.5 Å². The molecule has 3 nitrogen and oxygen atoms in total. The molecule has 0 spiro atoms. The lowest BCUT2D eigenvalue weighted by Crippen LogP contribution is -1.95. The van der Waals surface area contributed by atoms with Gasteiger partial charge in [0.15, 0.2) is 12.2 Å². The molecule has 0 fully saturated rings. The van der Waals surface area contributed by atoms with Crippen molar-refractivity contribution >= 4 is 0 Å². The zero-order valence-electron chi connectivity index (χ0n) is 6.42. The van der Waals surface area contributed by atoms with Crippen LogP contribution in [0, 0.1) is 6.92 Å². The van der Waals surface area contributed by atoms with Crippen molar-refractivity contribution in [1.29, 1.82) is 0 Å². The monoisotopic (exact) mass is 141 g/mol. The SMILES string of the molecule is COC(C)c1ocnc1C. The Hall–Kier alpha value is -0.830. The van der Waals surface area contributed by atoms with Crippen LogP contribution in [0.3, 0.4) is 0 Å². The van der Waals surface area contributed by atoms with Crippen molar-refractivity contribution in [2.75, 3.05) is 7.11 Å². The molecule has 0 bridgehead atoms. The van der Waals surface area contributed by atoms with E-state index in [1.165, 1.54) is 6.39 Å². The molecule has 0 amide bonds. The number of oxazole rings is 1. The van der Waals surface area contributed by atoms with E-state index in [4.69, 9.17) is 9.15 Å². The molecule has 10 heavy (non-hydrogen) atoms. The summed E-state index contributed by atoms with van der Waals surface area (Å²) in [5.41, 5.74) is 0.898. The maximum Gasteiger partial charge on any atom is 0.181 e. The van der Waals surface area contributed by atoms with E-state index < -0.39 is 0 Å². The highest BCUT2D eigenvalue weighted by Crippen LogP contribution is 2.17. The van der Waals surface area contributed by atoms with E-state index in [0.29, 0.717) is 0 Å². The highest BCUT2D eigenvalue weighted by atomic mass is 16.5. The molecule has 3 heteroatoms.